The van der Waals surface area contributed by atoms with Crippen LogP contribution in [0.2, 0.25) is 0 Å². The summed E-state index contributed by atoms with van der Waals surface area (Å²) in [5, 5.41) is 9.59. The fourth-order valence-corrected chi connectivity index (χ4v) is 3.85. The fraction of sp³-hybridized carbons (Fsp3) is 0.381. The number of hydrogen-bond donors (Lipinski definition) is 1. The molecule has 0 saturated heterocycles. The van der Waals surface area contributed by atoms with Crippen LogP contribution in [0.15, 0.2) is 30.3 Å². The van der Waals surface area contributed by atoms with Gasteiger partial charge in [0, 0.05) is 5.56 Å². The minimum absolute atomic E-state index is 0.0717. The summed E-state index contributed by atoms with van der Waals surface area (Å²) in [7, 11) is 0. The number of ether oxygens (including phenoxy) is 2. The Morgan fingerprint density at radius 2 is 1.89 bits per heavy atom. The van der Waals surface area contributed by atoms with Gasteiger partial charge in [0.05, 0.1) is 18.1 Å². The first-order valence-electron chi connectivity index (χ1n) is 9.14. The van der Waals surface area contributed by atoms with E-state index in [0.717, 1.165) is 23.3 Å². The van der Waals surface area contributed by atoms with Crippen LogP contribution in [0.25, 0.3) is 0 Å². The topological polar surface area (TPSA) is 102 Å². The number of hydrogen-bond acceptors (Lipinski definition) is 7. The van der Waals surface area contributed by atoms with Crippen LogP contribution in [-0.2, 0) is 20.9 Å². The molecule has 2 atom stereocenters. The Hall–Kier alpha value is -2.85. The molecule has 0 bridgehead atoms. The van der Waals surface area contributed by atoms with Crippen molar-refractivity contribution in [2.45, 2.75) is 39.7 Å². The van der Waals surface area contributed by atoms with Crippen LogP contribution in [-0.4, -0.2) is 18.5 Å². The highest BCUT2D eigenvalue weighted by molar-refractivity contribution is 7.18. The molecule has 2 aromatic rings. The van der Waals surface area contributed by atoms with E-state index in [1.807, 2.05) is 50.2 Å². The molecule has 1 heterocycles. The second-order valence-electron chi connectivity index (χ2n) is 6.36. The molecule has 1 aromatic heterocycles. The minimum atomic E-state index is -0.576. The molecule has 0 aliphatic rings. The van der Waals surface area contributed by atoms with Crippen molar-refractivity contribution in [3.8, 4) is 6.07 Å². The number of rotatable bonds is 8. The van der Waals surface area contributed by atoms with E-state index < -0.39 is 17.9 Å². The van der Waals surface area contributed by atoms with Crippen molar-refractivity contribution in [2.75, 3.05) is 12.3 Å². The minimum Gasteiger partial charge on any atom is -0.462 e. The van der Waals surface area contributed by atoms with Gasteiger partial charge < -0.3 is 15.2 Å². The van der Waals surface area contributed by atoms with Gasteiger partial charge in [-0.3, -0.25) is 4.79 Å². The standard InChI is InChI=1S/C21H24N2O4S/c1-4-13(3)17(14-9-7-6-8-10-14)20(24)27-12-16-15(11-22)19(23)28-18(16)21(25)26-5-2/h6-10,13,17H,4-5,12,23H2,1-3H3/t13-,17-/m0/s1. The van der Waals surface area contributed by atoms with Gasteiger partial charge in [0.1, 0.15) is 22.6 Å². The lowest BCUT2D eigenvalue weighted by atomic mass is 9.85. The van der Waals surface area contributed by atoms with Gasteiger partial charge in [-0.2, -0.15) is 5.26 Å². The number of nitriles is 1. The zero-order valence-electron chi connectivity index (χ0n) is 16.2. The van der Waals surface area contributed by atoms with Crippen molar-refractivity contribution in [3.05, 3.63) is 51.9 Å². The lowest BCUT2D eigenvalue weighted by molar-refractivity contribution is -0.148. The van der Waals surface area contributed by atoms with E-state index in [0.29, 0.717) is 5.56 Å². The van der Waals surface area contributed by atoms with Gasteiger partial charge in [-0.25, -0.2) is 4.79 Å². The van der Waals surface area contributed by atoms with Crippen LogP contribution in [0, 0.1) is 17.2 Å². The van der Waals surface area contributed by atoms with Gasteiger partial charge >= 0.3 is 11.9 Å². The van der Waals surface area contributed by atoms with Crippen molar-refractivity contribution in [1.29, 1.82) is 5.26 Å². The highest BCUT2D eigenvalue weighted by Crippen LogP contribution is 2.33. The maximum atomic E-state index is 12.9. The smallest absolute Gasteiger partial charge is 0.348 e. The molecule has 0 fully saturated rings. The van der Waals surface area contributed by atoms with Gasteiger partial charge in [0.25, 0.3) is 0 Å². The average molecular weight is 401 g/mol. The Kier molecular flexibility index (Phi) is 7.59. The summed E-state index contributed by atoms with van der Waals surface area (Å²) in [5.41, 5.74) is 7.19. The summed E-state index contributed by atoms with van der Waals surface area (Å²) in [6.45, 7) is 5.69. The summed E-state index contributed by atoms with van der Waals surface area (Å²) >= 11 is 0.970. The SMILES string of the molecule is CCOC(=O)c1sc(N)c(C#N)c1COC(=O)[C@H](c1ccccc1)[C@@H](C)CC. The molecule has 0 saturated carbocycles. The summed E-state index contributed by atoms with van der Waals surface area (Å²) < 4.78 is 10.6. The molecule has 0 spiro atoms. The molecule has 0 amide bonds. The van der Waals surface area contributed by atoms with Crippen molar-refractivity contribution in [3.63, 3.8) is 0 Å². The zero-order chi connectivity index (χ0) is 20.7. The zero-order valence-corrected chi connectivity index (χ0v) is 17.0. The number of carbonyl (C=O) groups excluding carboxylic acids is 2. The first-order chi connectivity index (χ1) is 13.4. The highest BCUT2D eigenvalue weighted by atomic mass is 32.1. The number of esters is 2. The van der Waals surface area contributed by atoms with Crippen LogP contribution in [0.1, 0.15) is 59.5 Å². The normalized spacial score (nSPS) is 12.6. The van der Waals surface area contributed by atoms with E-state index in [9.17, 15) is 14.9 Å². The fourth-order valence-electron chi connectivity index (χ4n) is 2.93. The van der Waals surface area contributed by atoms with Crippen LogP contribution >= 0.6 is 11.3 Å². The Labute approximate surface area is 168 Å². The lowest BCUT2D eigenvalue weighted by Gasteiger charge is -2.22. The molecule has 2 N–H and O–H groups in total. The molecule has 0 radical (unpaired) electrons. The molecule has 6 nitrogen and oxygen atoms in total. The molecule has 0 unspecified atom stereocenters. The van der Waals surface area contributed by atoms with Crippen LogP contribution in [0.4, 0.5) is 5.00 Å². The predicted molar refractivity (Wildman–Crippen MR) is 108 cm³/mol. The van der Waals surface area contributed by atoms with E-state index in [4.69, 9.17) is 15.2 Å². The van der Waals surface area contributed by atoms with Gasteiger partial charge in [-0.05, 0) is 18.4 Å². The van der Waals surface area contributed by atoms with E-state index in [1.54, 1.807) is 6.92 Å². The van der Waals surface area contributed by atoms with Gasteiger partial charge in [-0.1, -0.05) is 50.6 Å². The molecule has 2 rings (SSSR count). The summed E-state index contributed by atoms with van der Waals surface area (Å²) in [6.07, 6.45) is 0.803. The summed E-state index contributed by atoms with van der Waals surface area (Å²) in [5.74, 6) is -1.33. The van der Waals surface area contributed by atoms with E-state index >= 15 is 0 Å². The van der Waals surface area contributed by atoms with E-state index in [-0.39, 0.29) is 34.6 Å². The maximum Gasteiger partial charge on any atom is 0.348 e. The van der Waals surface area contributed by atoms with Crippen LogP contribution in [0.3, 0.4) is 0 Å². The monoisotopic (exact) mass is 400 g/mol. The van der Waals surface area contributed by atoms with Crippen LogP contribution in [0.5, 0.6) is 0 Å². The molecular weight excluding hydrogens is 376 g/mol. The Morgan fingerprint density at radius 1 is 1.21 bits per heavy atom. The van der Waals surface area contributed by atoms with Gasteiger partial charge in [-0.15, -0.1) is 11.3 Å². The summed E-state index contributed by atoms with van der Waals surface area (Å²) in [6, 6.07) is 11.4. The van der Waals surface area contributed by atoms with Crippen molar-refractivity contribution >= 4 is 28.3 Å². The Bertz CT molecular complexity index is 871. The number of nitrogen functional groups attached to an aromatic ring is 1. The summed E-state index contributed by atoms with van der Waals surface area (Å²) in [4.78, 5) is 25.3. The third kappa shape index (κ3) is 4.70. The first kappa shape index (κ1) is 21.5. The van der Waals surface area contributed by atoms with E-state index in [1.165, 1.54) is 0 Å². The molecule has 0 aliphatic carbocycles. The molecule has 7 heteroatoms. The predicted octanol–water partition coefficient (Wildman–Crippen LogP) is 4.25. The molecule has 28 heavy (non-hydrogen) atoms. The van der Waals surface area contributed by atoms with Gasteiger partial charge in [0.15, 0.2) is 0 Å². The Balaban J connectivity index is 2.28. The third-order valence-corrected chi connectivity index (χ3v) is 5.63. The number of nitrogens with two attached hydrogens (primary N) is 1. The lowest BCUT2D eigenvalue weighted by Crippen LogP contribution is -2.22. The number of carbonyl (C=O) groups is 2. The van der Waals surface area contributed by atoms with Crippen molar-refractivity contribution in [2.24, 2.45) is 5.92 Å². The third-order valence-electron chi connectivity index (χ3n) is 4.59. The van der Waals surface area contributed by atoms with Gasteiger partial charge in [0.2, 0.25) is 0 Å². The first-order valence-corrected chi connectivity index (χ1v) is 9.96. The average Bonchev–Trinajstić information content (AvgIpc) is 3.02. The number of benzene rings is 1. The van der Waals surface area contributed by atoms with Crippen molar-refractivity contribution < 1.29 is 19.1 Å². The largest absolute Gasteiger partial charge is 0.462 e. The second-order valence-corrected chi connectivity index (χ2v) is 7.42. The molecular formula is C21H24N2O4S. The molecule has 148 valence electrons. The highest BCUT2D eigenvalue weighted by Gasteiger charge is 2.29. The molecule has 0 aliphatic heterocycles. The number of anilines is 1. The number of thiophene rings is 1. The Morgan fingerprint density at radius 3 is 2.46 bits per heavy atom. The molecule has 1 aromatic carbocycles. The van der Waals surface area contributed by atoms with E-state index in [2.05, 4.69) is 0 Å². The maximum absolute atomic E-state index is 12.9. The second kappa shape index (κ2) is 9.90. The quantitative estimate of drug-likeness (QED) is 0.665. The number of nitrogens with zero attached hydrogens (tertiary/aromatic N) is 1. The van der Waals surface area contributed by atoms with Crippen molar-refractivity contribution in [1.82, 2.24) is 0 Å². The van der Waals surface area contributed by atoms with Crippen LogP contribution < -0.4 is 5.73 Å².